The third kappa shape index (κ3) is 10.6. The van der Waals surface area contributed by atoms with Crippen molar-refractivity contribution in [3.63, 3.8) is 0 Å². The molecule has 1 heterocycles. The number of thioether (sulfide) groups is 1. The molecule has 55 heavy (non-hydrogen) atoms. The minimum atomic E-state index is -5.91. The molecule has 1 aliphatic heterocycles. The molecule has 298 valence electrons. The molecule has 1 saturated heterocycles. The van der Waals surface area contributed by atoms with Gasteiger partial charge in [-0.25, -0.2) is 22.0 Å². The highest BCUT2D eigenvalue weighted by molar-refractivity contribution is 7.99. The zero-order chi connectivity index (χ0) is 39.9. The molecule has 1 fully saturated rings. The minimum Gasteiger partial charge on any atom is -0.406 e. The van der Waals surface area contributed by atoms with E-state index < -0.39 is 49.5 Å². The Hall–Kier alpha value is -3.22. The Balaban J connectivity index is 1.25. The number of piperazine rings is 1. The molecule has 0 spiro atoms. The van der Waals surface area contributed by atoms with Crippen molar-refractivity contribution in [2.45, 2.75) is 58.5 Å². The van der Waals surface area contributed by atoms with Gasteiger partial charge in [-0.2, -0.15) is 13.2 Å². The Kier molecular flexibility index (Phi) is 14.0. The largest absolute Gasteiger partial charge is 0.501 e. The summed E-state index contributed by atoms with van der Waals surface area (Å²) >= 11 is 1.48. The zero-order valence-electron chi connectivity index (χ0n) is 31.2. The second-order valence-electron chi connectivity index (χ2n) is 14.6. The lowest BCUT2D eigenvalue weighted by Crippen LogP contribution is -2.67. The molecule has 1 atom stereocenters. The Morgan fingerprint density at radius 2 is 1.29 bits per heavy atom. The monoisotopic (exact) mass is 834 g/mol. The molecule has 4 aromatic rings. The van der Waals surface area contributed by atoms with Gasteiger partial charge in [-0.3, -0.25) is 4.90 Å². The van der Waals surface area contributed by atoms with Crippen molar-refractivity contribution in [3.8, 4) is 0 Å². The third-order valence-corrected chi connectivity index (χ3v) is 18.5. The van der Waals surface area contributed by atoms with Crippen LogP contribution in [0.3, 0.4) is 0 Å². The summed E-state index contributed by atoms with van der Waals surface area (Å²) in [4.78, 5) is 3.70. The second-order valence-corrected chi connectivity index (χ2v) is 23.5. The number of nitrogens with one attached hydrogen (secondary N) is 1. The summed E-state index contributed by atoms with van der Waals surface area (Å²) in [6.45, 7) is 11.9. The molecule has 4 aromatic carbocycles. The first kappa shape index (κ1) is 42.9. The fourth-order valence-corrected chi connectivity index (χ4v) is 14.0. The van der Waals surface area contributed by atoms with E-state index in [9.17, 15) is 30.0 Å². The maximum atomic E-state index is 13.8. The quantitative estimate of drug-likeness (QED) is 0.107. The average molecular weight is 835 g/mol. The predicted molar refractivity (Wildman–Crippen MR) is 217 cm³/mol. The Bertz CT molecular complexity index is 2030. The van der Waals surface area contributed by atoms with E-state index in [0.717, 1.165) is 49.8 Å². The van der Waals surface area contributed by atoms with Gasteiger partial charge in [0, 0.05) is 62.6 Å². The third-order valence-electron chi connectivity index (χ3n) is 9.83. The van der Waals surface area contributed by atoms with Gasteiger partial charge in [0.2, 0.25) is 10.0 Å². The summed E-state index contributed by atoms with van der Waals surface area (Å²) in [6, 6.07) is 32.6. The van der Waals surface area contributed by atoms with Gasteiger partial charge in [-0.15, -0.1) is 11.8 Å². The van der Waals surface area contributed by atoms with Crippen LogP contribution >= 0.6 is 11.8 Å². The first-order valence-electron chi connectivity index (χ1n) is 18.0. The lowest BCUT2D eigenvalue weighted by atomic mass is 10.2. The molecule has 0 aromatic heterocycles. The van der Waals surface area contributed by atoms with Crippen LogP contribution in [0.5, 0.6) is 0 Å². The first-order valence-corrected chi connectivity index (χ1v) is 24.0. The molecule has 16 heteroatoms. The van der Waals surface area contributed by atoms with E-state index in [-0.39, 0.29) is 10.7 Å². The Labute approximate surface area is 328 Å². The van der Waals surface area contributed by atoms with Crippen molar-refractivity contribution in [2.24, 2.45) is 5.14 Å². The van der Waals surface area contributed by atoms with Crippen molar-refractivity contribution in [2.75, 3.05) is 56.9 Å². The summed E-state index contributed by atoms with van der Waals surface area (Å²) in [5, 5.41) is 10.5. The van der Waals surface area contributed by atoms with E-state index in [2.05, 4.69) is 84.4 Å². The van der Waals surface area contributed by atoms with Crippen LogP contribution in [0.15, 0.2) is 124 Å². The normalized spacial score (nSPS) is 15.8. The molecule has 0 amide bonds. The molecule has 5 rings (SSSR count). The number of primary sulfonamides is 1. The van der Waals surface area contributed by atoms with Crippen molar-refractivity contribution < 1.29 is 34.4 Å². The number of benzene rings is 4. The van der Waals surface area contributed by atoms with Gasteiger partial charge in [-0.05, 0) is 52.2 Å². The number of alkyl halides is 3. The zero-order valence-corrected chi connectivity index (χ0v) is 34.7. The number of rotatable bonds is 16. The molecule has 0 bridgehead atoms. The molecule has 0 saturated carbocycles. The van der Waals surface area contributed by atoms with Crippen LogP contribution in [-0.4, -0.2) is 98.1 Å². The smallest absolute Gasteiger partial charge is 0.406 e. The summed E-state index contributed by atoms with van der Waals surface area (Å²) in [5.74, 6) is 0.409. The summed E-state index contributed by atoms with van der Waals surface area (Å²) in [6.07, 6.45) is 0.485. The number of anilines is 1. The Morgan fingerprint density at radius 1 is 0.782 bits per heavy atom. The lowest BCUT2D eigenvalue weighted by Gasteiger charge is -2.43. The van der Waals surface area contributed by atoms with Gasteiger partial charge in [0.25, 0.3) is 18.2 Å². The standard InChI is InChI=1S/C39H49F3N4O5S3Si/c1-38(2,3)55(34-15-9-5-10-16-34,35-17-11-6-12-18-35)51-28-27-46-25-23-45(24-26-46)22-21-31(30-52-32-13-7-4-8-14-32)44-36-20-19-33(54(43,49)50)29-37(36)53(47,48)39(40,41)42/h4-20,29,31,44H,21-28,30H2,1-3H3,(H2,43,49,50). The molecule has 1 unspecified atom stereocenters. The SMILES string of the molecule is CC(C)(C)[Si](OCCN1CCN(CCC(CSc2ccccc2)Nc2ccc(S(N)(=O)=O)cc2S(=O)(=O)C(F)(F)F)CC1)(c1ccccc1)c1ccccc1. The van der Waals surface area contributed by atoms with Crippen molar-refractivity contribution in [1.29, 1.82) is 0 Å². The summed E-state index contributed by atoms with van der Waals surface area (Å²) in [7, 11) is -13.1. The van der Waals surface area contributed by atoms with Crippen molar-refractivity contribution >= 4 is 56.0 Å². The number of hydrogen-bond donors (Lipinski definition) is 2. The van der Waals surface area contributed by atoms with Crippen LogP contribution in [0.1, 0.15) is 27.2 Å². The van der Waals surface area contributed by atoms with Crippen LogP contribution in [0.2, 0.25) is 5.04 Å². The van der Waals surface area contributed by atoms with Crippen LogP contribution in [0.25, 0.3) is 0 Å². The number of halogens is 3. The van der Waals surface area contributed by atoms with Gasteiger partial charge < -0.3 is 14.6 Å². The number of nitrogens with two attached hydrogens (primary N) is 1. The van der Waals surface area contributed by atoms with Gasteiger partial charge in [-0.1, -0.05) is 99.6 Å². The molecule has 0 aliphatic carbocycles. The van der Waals surface area contributed by atoms with E-state index in [1.165, 1.54) is 22.1 Å². The molecule has 0 radical (unpaired) electrons. The Morgan fingerprint density at radius 3 is 1.78 bits per heavy atom. The van der Waals surface area contributed by atoms with Crippen LogP contribution < -0.4 is 20.8 Å². The van der Waals surface area contributed by atoms with Gasteiger partial charge in [0.1, 0.15) is 4.90 Å². The number of hydrogen-bond acceptors (Lipinski definition) is 9. The van der Waals surface area contributed by atoms with Crippen LogP contribution in [-0.2, 0) is 24.3 Å². The number of nitrogens with zero attached hydrogens (tertiary/aromatic N) is 2. The second kappa shape index (κ2) is 17.9. The fourth-order valence-electron chi connectivity index (χ4n) is 6.94. The van der Waals surface area contributed by atoms with E-state index in [1.807, 2.05) is 42.5 Å². The predicted octanol–water partition coefficient (Wildman–Crippen LogP) is 5.78. The van der Waals surface area contributed by atoms with Crippen molar-refractivity contribution in [1.82, 2.24) is 9.80 Å². The maximum Gasteiger partial charge on any atom is 0.501 e. The van der Waals surface area contributed by atoms with Gasteiger partial charge >= 0.3 is 5.51 Å². The number of sulfone groups is 1. The average Bonchev–Trinajstić information content (AvgIpc) is 3.15. The number of sulfonamides is 1. The maximum absolute atomic E-state index is 13.8. The molecule has 3 N–H and O–H groups in total. The molecular weight excluding hydrogens is 786 g/mol. The summed E-state index contributed by atoms with van der Waals surface area (Å²) < 4.78 is 97.7. The fraction of sp³-hybridized carbons (Fsp3) is 0.385. The molecule has 9 nitrogen and oxygen atoms in total. The van der Waals surface area contributed by atoms with E-state index in [0.29, 0.717) is 31.4 Å². The minimum absolute atomic E-state index is 0.125. The highest BCUT2D eigenvalue weighted by atomic mass is 32.2. The summed E-state index contributed by atoms with van der Waals surface area (Å²) in [5.41, 5.74) is -5.99. The highest BCUT2D eigenvalue weighted by Gasteiger charge is 2.50. The highest BCUT2D eigenvalue weighted by Crippen LogP contribution is 2.38. The molecule has 1 aliphatic rings. The van der Waals surface area contributed by atoms with E-state index in [4.69, 9.17) is 9.56 Å². The van der Waals surface area contributed by atoms with Crippen LogP contribution in [0.4, 0.5) is 18.9 Å². The van der Waals surface area contributed by atoms with Crippen molar-refractivity contribution in [3.05, 3.63) is 109 Å². The first-order chi connectivity index (χ1) is 25.9. The topological polar surface area (TPSA) is 122 Å². The van der Waals surface area contributed by atoms with E-state index >= 15 is 0 Å². The van der Waals surface area contributed by atoms with Gasteiger partial charge in [0.15, 0.2) is 0 Å². The lowest BCUT2D eigenvalue weighted by molar-refractivity contribution is -0.0435. The van der Waals surface area contributed by atoms with Gasteiger partial charge in [0.05, 0.1) is 10.6 Å². The van der Waals surface area contributed by atoms with E-state index in [1.54, 1.807) is 0 Å². The molecular formula is C39H49F3N4O5S3Si. The van der Waals surface area contributed by atoms with Crippen LogP contribution in [0, 0.1) is 0 Å².